The molecule has 0 radical (unpaired) electrons. The molecule has 0 fully saturated rings. The molecule has 0 aromatic heterocycles. The molecule has 0 aliphatic rings. The molecule has 0 amide bonds. The summed E-state index contributed by atoms with van der Waals surface area (Å²) in [4.78, 5) is 16.1. The van der Waals surface area contributed by atoms with Crippen molar-refractivity contribution in [2.45, 2.75) is 0 Å². The zero-order chi connectivity index (χ0) is 12.8. The number of phenols is 1. The average molecular weight is 237 g/mol. The average Bonchev–Trinajstić information content (AvgIpc) is 2.25. The first-order valence-electron chi connectivity index (χ1n) is 5.12. The number of non-ortho nitro benzene ring substituents is 1. The van der Waals surface area contributed by atoms with Crippen molar-refractivity contribution in [1.82, 2.24) is 4.90 Å². The number of nitro benzene ring substituents is 1. The summed E-state index contributed by atoms with van der Waals surface area (Å²) in [5.74, 6) is -0.01000. The van der Waals surface area contributed by atoms with Crippen LogP contribution >= 0.6 is 0 Å². The Morgan fingerprint density at radius 3 is 2.82 bits per heavy atom. The van der Waals surface area contributed by atoms with Crippen molar-refractivity contribution >= 4 is 11.9 Å². The highest BCUT2D eigenvalue weighted by Crippen LogP contribution is 2.21. The fourth-order valence-corrected chi connectivity index (χ4v) is 1.18. The van der Waals surface area contributed by atoms with Crippen LogP contribution in [0.4, 0.5) is 5.69 Å². The van der Waals surface area contributed by atoms with Gasteiger partial charge in [0.2, 0.25) is 0 Å². The van der Waals surface area contributed by atoms with Crippen molar-refractivity contribution in [3.63, 3.8) is 0 Å². The van der Waals surface area contributed by atoms with Gasteiger partial charge in [0, 0.05) is 30.5 Å². The van der Waals surface area contributed by atoms with E-state index >= 15 is 0 Å². The summed E-state index contributed by atoms with van der Waals surface area (Å²) in [6, 6.07) is 3.85. The Labute approximate surface area is 99.4 Å². The lowest BCUT2D eigenvalue weighted by molar-refractivity contribution is -0.384. The summed E-state index contributed by atoms with van der Waals surface area (Å²) < 4.78 is 0. The first kappa shape index (κ1) is 13.1. The maximum Gasteiger partial charge on any atom is 0.270 e. The summed E-state index contributed by atoms with van der Waals surface area (Å²) in [6.45, 7) is 1.36. The smallest absolute Gasteiger partial charge is 0.270 e. The predicted octanol–water partition coefficient (Wildman–Crippen LogP) is 1.28. The van der Waals surface area contributed by atoms with E-state index in [0.29, 0.717) is 12.1 Å². The van der Waals surface area contributed by atoms with Gasteiger partial charge in [-0.15, -0.1) is 0 Å². The van der Waals surface area contributed by atoms with Gasteiger partial charge in [-0.3, -0.25) is 15.1 Å². The van der Waals surface area contributed by atoms with Crippen molar-refractivity contribution in [2.24, 2.45) is 4.99 Å². The Kier molecular flexibility index (Phi) is 4.59. The highest BCUT2D eigenvalue weighted by Gasteiger charge is 2.08. The van der Waals surface area contributed by atoms with Gasteiger partial charge in [0.25, 0.3) is 5.69 Å². The first-order chi connectivity index (χ1) is 8.00. The number of nitro groups is 1. The summed E-state index contributed by atoms with van der Waals surface area (Å²) in [5.41, 5.74) is 0.301. The Balaban J connectivity index is 2.75. The molecule has 1 aromatic rings. The normalized spacial score (nSPS) is 11.2. The number of nitrogens with zero attached hydrogens (tertiary/aromatic N) is 3. The topological polar surface area (TPSA) is 79.0 Å². The minimum absolute atomic E-state index is 0.01000. The van der Waals surface area contributed by atoms with E-state index in [-0.39, 0.29) is 11.4 Å². The van der Waals surface area contributed by atoms with Gasteiger partial charge in [0.1, 0.15) is 5.75 Å². The van der Waals surface area contributed by atoms with E-state index in [9.17, 15) is 15.2 Å². The molecule has 0 saturated carbocycles. The third-order valence-corrected chi connectivity index (χ3v) is 2.13. The fraction of sp³-hybridized carbons (Fsp3) is 0.364. The number of phenolic OH excluding ortho intramolecular Hbond substituents is 1. The second-order valence-corrected chi connectivity index (χ2v) is 3.84. The molecule has 6 heteroatoms. The molecule has 1 aromatic carbocycles. The predicted molar refractivity (Wildman–Crippen MR) is 65.8 cm³/mol. The molecule has 0 bridgehead atoms. The van der Waals surface area contributed by atoms with Crippen LogP contribution in [0, 0.1) is 10.1 Å². The number of aliphatic imine (C=N–C) groups is 1. The van der Waals surface area contributed by atoms with Gasteiger partial charge in [-0.05, 0) is 20.2 Å². The third kappa shape index (κ3) is 4.20. The van der Waals surface area contributed by atoms with Gasteiger partial charge >= 0.3 is 0 Å². The molecular weight excluding hydrogens is 222 g/mol. The Hall–Kier alpha value is -1.95. The lowest BCUT2D eigenvalue weighted by Gasteiger charge is -2.05. The van der Waals surface area contributed by atoms with Crippen molar-refractivity contribution in [3.05, 3.63) is 33.9 Å². The zero-order valence-corrected chi connectivity index (χ0v) is 9.83. The lowest BCUT2D eigenvalue weighted by Crippen LogP contribution is -2.15. The van der Waals surface area contributed by atoms with E-state index in [1.54, 1.807) is 0 Å². The molecule has 0 heterocycles. The van der Waals surface area contributed by atoms with Crippen LogP contribution in [0.2, 0.25) is 0 Å². The van der Waals surface area contributed by atoms with Crippen LogP contribution in [0.5, 0.6) is 5.75 Å². The maximum absolute atomic E-state index is 10.6. The van der Waals surface area contributed by atoms with Gasteiger partial charge in [0.05, 0.1) is 11.5 Å². The molecule has 0 aliphatic carbocycles. The van der Waals surface area contributed by atoms with Gasteiger partial charge in [-0.2, -0.15) is 0 Å². The molecule has 17 heavy (non-hydrogen) atoms. The van der Waals surface area contributed by atoms with Crippen LogP contribution in [-0.2, 0) is 0 Å². The number of rotatable bonds is 5. The highest BCUT2D eigenvalue weighted by molar-refractivity contribution is 5.84. The summed E-state index contributed by atoms with van der Waals surface area (Å²) in [6.07, 6.45) is 1.45. The lowest BCUT2D eigenvalue weighted by atomic mass is 10.2. The Morgan fingerprint density at radius 1 is 1.53 bits per heavy atom. The SMILES string of the molecule is CN(C)CCN=Cc1cc([N+](=O)[O-])ccc1O. The molecule has 0 spiro atoms. The summed E-state index contributed by atoms with van der Waals surface area (Å²) in [7, 11) is 3.86. The van der Waals surface area contributed by atoms with Gasteiger partial charge in [-0.25, -0.2) is 0 Å². The van der Waals surface area contributed by atoms with E-state index < -0.39 is 4.92 Å². The standard InChI is InChI=1S/C11H15N3O3/c1-13(2)6-5-12-8-9-7-10(14(16)17)3-4-11(9)15/h3-4,7-8,15H,5-6H2,1-2H3. The van der Waals surface area contributed by atoms with Crippen LogP contribution in [0.1, 0.15) is 5.56 Å². The minimum atomic E-state index is -0.503. The molecule has 92 valence electrons. The summed E-state index contributed by atoms with van der Waals surface area (Å²) in [5, 5.41) is 20.1. The Morgan fingerprint density at radius 2 is 2.24 bits per heavy atom. The molecule has 0 unspecified atom stereocenters. The number of likely N-dealkylation sites (N-methyl/N-ethyl adjacent to an activating group) is 1. The first-order valence-corrected chi connectivity index (χ1v) is 5.12. The molecule has 0 atom stereocenters. The monoisotopic (exact) mass is 237 g/mol. The van der Waals surface area contributed by atoms with Crippen LogP contribution in [0.15, 0.2) is 23.2 Å². The van der Waals surface area contributed by atoms with Gasteiger partial charge in [0.15, 0.2) is 0 Å². The van der Waals surface area contributed by atoms with Crippen LogP contribution in [0.3, 0.4) is 0 Å². The molecule has 6 nitrogen and oxygen atoms in total. The maximum atomic E-state index is 10.6. The van der Waals surface area contributed by atoms with Crippen molar-refractivity contribution < 1.29 is 10.0 Å². The van der Waals surface area contributed by atoms with Gasteiger partial charge < -0.3 is 10.0 Å². The van der Waals surface area contributed by atoms with Crippen molar-refractivity contribution in [2.75, 3.05) is 27.2 Å². The summed E-state index contributed by atoms with van der Waals surface area (Å²) >= 11 is 0. The second-order valence-electron chi connectivity index (χ2n) is 3.84. The van der Waals surface area contributed by atoms with Crippen molar-refractivity contribution in [3.8, 4) is 5.75 Å². The van der Waals surface area contributed by atoms with Gasteiger partial charge in [-0.1, -0.05) is 0 Å². The molecule has 1 rings (SSSR count). The molecule has 1 N–H and O–H groups in total. The zero-order valence-electron chi connectivity index (χ0n) is 9.83. The molecule has 0 aliphatic heterocycles. The van der Waals surface area contributed by atoms with E-state index in [4.69, 9.17) is 0 Å². The van der Waals surface area contributed by atoms with Crippen molar-refractivity contribution in [1.29, 1.82) is 0 Å². The van der Waals surface area contributed by atoms with Crippen LogP contribution in [0.25, 0.3) is 0 Å². The van der Waals surface area contributed by atoms with E-state index in [1.165, 1.54) is 24.4 Å². The minimum Gasteiger partial charge on any atom is -0.507 e. The third-order valence-electron chi connectivity index (χ3n) is 2.13. The number of hydrogen-bond donors (Lipinski definition) is 1. The largest absolute Gasteiger partial charge is 0.507 e. The van der Waals surface area contributed by atoms with E-state index in [1.807, 2.05) is 19.0 Å². The van der Waals surface area contributed by atoms with Crippen LogP contribution < -0.4 is 0 Å². The Bertz CT molecular complexity index is 430. The number of hydrogen-bond acceptors (Lipinski definition) is 5. The van der Waals surface area contributed by atoms with E-state index in [2.05, 4.69) is 4.99 Å². The number of aromatic hydroxyl groups is 1. The second kappa shape index (κ2) is 5.95. The van der Waals surface area contributed by atoms with Crippen LogP contribution in [-0.4, -0.2) is 48.3 Å². The molecule has 0 saturated heterocycles. The highest BCUT2D eigenvalue weighted by atomic mass is 16.6. The molecular formula is C11H15N3O3. The quantitative estimate of drug-likeness (QED) is 0.475. The van der Waals surface area contributed by atoms with E-state index in [0.717, 1.165) is 6.54 Å². The fourth-order valence-electron chi connectivity index (χ4n) is 1.18. The number of benzene rings is 1.